The van der Waals surface area contributed by atoms with E-state index in [0.717, 1.165) is 5.57 Å². The van der Waals surface area contributed by atoms with Crippen molar-refractivity contribution in [2.75, 3.05) is 6.61 Å². The molecule has 7 heteroatoms. The number of benzene rings is 1. The molecule has 1 aromatic carbocycles. The van der Waals surface area contributed by atoms with Crippen LogP contribution in [-0.4, -0.2) is 18.5 Å². The molecule has 0 atom stereocenters. The van der Waals surface area contributed by atoms with Gasteiger partial charge in [0.2, 0.25) is 0 Å². The Kier molecular flexibility index (Phi) is 7.73. The lowest BCUT2D eigenvalue weighted by Crippen LogP contribution is -2.13. The quantitative estimate of drug-likeness (QED) is 0.394. The molecule has 0 aliphatic carbocycles. The summed E-state index contributed by atoms with van der Waals surface area (Å²) in [7, 11) is 0. The van der Waals surface area contributed by atoms with Crippen LogP contribution in [0.5, 0.6) is 5.75 Å². The van der Waals surface area contributed by atoms with Crippen molar-refractivity contribution < 1.29 is 19.1 Å². The molecule has 0 aliphatic rings. The molecule has 0 fully saturated rings. The molecular formula is C15H15Cl3O4. The molecule has 0 unspecified atom stereocenters. The van der Waals surface area contributed by atoms with Gasteiger partial charge in [-0.2, -0.15) is 0 Å². The Morgan fingerprint density at radius 1 is 1.05 bits per heavy atom. The highest BCUT2D eigenvalue weighted by Gasteiger charge is 2.15. The molecule has 1 aromatic rings. The second-order valence-electron chi connectivity index (χ2n) is 4.60. The number of carbonyl (C=O) groups is 2. The first kappa shape index (κ1) is 18.8. The Labute approximate surface area is 143 Å². The van der Waals surface area contributed by atoms with Crippen LogP contribution in [0.2, 0.25) is 15.1 Å². The van der Waals surface area contributed by atoms with Crippen molar-refractivity contribution in [3.8, 4) is 5.75 Å². The summed E-state index contributed by atoms with van der Waals surface area (Å²) >= 11 is 17.5. The van der Waals surface area contributed by atoms with Gasteiger partial charge in [-0.15, -0.1) is 6.58 Å². The van der Waals surface area contributed by atoms with Gasteiger partial charge in [0, 0.05) is 11.4 Å². The van der Waals surface area contributed by atoms with Gasteiger partial charge < -0.3 is 9.47 Å². The van der Waals surface area contributed by atoms with E-state index in [-0.39, 0.29) is 35.2 Å². The summed E-state index contributed by atoms with van der Waals surface area (Å²) in [6.07, 6.45) is 0.366. The van der Waals surface area contributed by atoms with Crippen LogP contribution in [-0.2, 0) is 14.3 Å². The maximum Gasteiger partial charge on any atom is 0.311 e. The average Bonchev–Trinajstić information content (AvgIpc) is 2.40. The summed E-state index contributed by atoms with van der Waals surface area (Å²) in [4.78, 5) is 23.1. The SMILES string of the molecule is C=C(C)CCOC(=O)CCC(=O)Oc1c(Cl)cc(Cl)cc1Cl. The first-order valence-electron chi connectivity index (χ1n) is 6.45. The van der Waals surface area contributed by atoms with E-state index in [1.54, 1.807) is 0 Å². The van der Waals surface area contributed by atoms with E-state index in [1.807, 2.05) is 6.92 Å². The van der Waals surface area contributed by atoms with Gasteiger partial charge in [-0.3, -0.25) is 9.59 Å². The molecule has 22 heavy (non-hydrogen) atoms. The summed E-state index contributed by atoms with van der Waals surface area (Å²) in [6.45, 7) is 5.78. The van der Waals surface area contributed by atoms with Crippen LogP contribution in [0.25, 0.3) is 0 Å². The fourth-order valence-electron chi connectivity index (χ4n) is 1.41. The fraction of sp³-hybridized carbons (Fsp3) is 0.333. The minimum Gasteiger partial charge on any atom is -0.465 e. The van der Waals surface area contributed by atoms with Gasteiger partial charge in [-0.05, 0) is 19.1 Å². The number of hydrogen-bond donors (Lipinski definition) is 0. The molecule has 0 aromatic heterocycles. The average molecular weight is 366 g/mol. The van der Waals surface area contributed by atoms with Crippen LogP contribution in [0.1, 0.15) is 26.2 Å². The standard InChI is InChI=1S/C15H15Cl3O4/c1-9(2)5-6-21-13(19)3-4-14(20)22-15-11(17)7-10(16)8-12(15)18/h7-8H,1,3-6H2,2H3. The van der Waals surface area contributed by atoms with E-state index in [9.17, 15) is 9.59 Å². The highest BCUT2D eigenvalue weighted by molar-refractivity contribution is 6.40. The number of carbonyl (C=O) groups excluding carboxylic acids is 2. The van der Waals surface area contributed by atoms with Gasteiger partial charge in [0.05, 0.1) is 29.5 Å². The molecule has 0 saturated carbocycles. The topological polar surface area (TPSA) is 52.6 Å². The van der Waals surface area contributed by atoms with E-state index in [1.165, 1.54) is 12.1 Å². The van der Waals surface area contributed by atoms with Crippen molar-refractivity contribution in [2.45, 2.75) is 26.2 Å². The van der Waals surface area contributed by atoms with Gasteiger partial charge in [-0.1, -0.05) is 40.4 Å². The van der Waals surface area contributed by atoms with Crippen LogP contribution >= 0.6 is 34.8 Å². The zero-order valence-corrected chi connectivity index (χ0v) is 14.2. The van der Waals surface area contributed by atoms with Gasteiger partial charge in [0.15, 0.2) is 5.75 Å². The van der Waals surface area contributed by atoms with E-state index < -0.39 is 11.9 Å². The Bertz CT molecular complexity index is 561. The third kappa shape index (κ3) is 6.69. The number of rotatable bonds is 7. The molecule has 4 nitrogen and oxygen atoms in total. The Hall–Kier alpha value is -1.23. The predicted molar refractivity (Wildman–Crippen MR) is 86.7 cm³/mol. The summed E-state index contributed by atoms with van der Waals surface area (Å²) in [5.41, 5.74) is 0.916. The van der Waals surface area contributed by atoms with Crippen molar-refractivity contribution >= 4 is 46.7 Å². The molecular weight excluding hydrogens is 351 g/mol. The molecule has 0 bridgehead atoms. The Morgan fingerprint density at radius 2 is 1.59 bits per heavy atom. The Balaban J connectivity index is 2.44. The van der Waals surface area contributed by atoms with Crippen LogP contribution < -0.4 is 4.74 Å². The number of hydrogen-bond acceptors (Lipinski definition) is 4. The summed E-state index contributed by atoms with van der Waals surface area (Å²) < 4.78 is 9.98. The molecule has 0 aliphatic heterocycles. The third-order valence-electron chi connectivity index (χ3n) is 2.50. The number of esters is 2. The molecule has 120 valence electrons. The maximum atomic E-state index is 11.7. The Morgan fingerprint density at radius 3 is 2.14 bits per heavy atom. The largest absolute Gasteiger partial charge is 0.465 e. The second kappa shape index (κ2) is 9.03. The molecule has 0 radical (unpaired) electrons. The minimum absolute atomic E-state index is 0.0217. The van der Waals surface area contributed by atoms with Gasteiger partial charge >= 0.3 is 11.9 Å². The van der Waals surface area contributed by atoms with Crippen LogP contribution in [0, 0.1) is 0 Å². The van der Waals surface area contributed by atoms with E-state index >= 15 is 0 Å². The van der Waals surface area contributed by atoms with Crippen LogP contribution in [0.15, 0.2) is 24.3 Å². The number of ether oxygens (including phenoxy) is 2. The zero-order chi connectivity index (χ0) is 16.7. The lowest BCUT2D eigenvalue weighted by atomic mass is 10.2. The molecule has 0 saturated heterocycles. The number of halogens is 3. The molecule has 0 spiro atoms. The summed E-state index contributed by atoms with van der Waals surface area (Å²) in [5, 5.41) is 0.570. The van der Waals surface area contributed by atoms with E-state index in [2.05, 4.69) is 6.58 Å². The zero-order valence-electron chi connectivity index (χ0n) is 12.0. The molecule has 0 N–H and O–H groups in total. The predicted octanol–water partition coefficient (Wildman–Crippen LogP) is 4.84. The molecule has 1 rings (SSSR count). The van der Waals surface area contributed by atoms with Gasteiger partial charge in [0.1, 0.15) is 0 Å². The monoisotopic (exact) mass is 364 g/mol. The third-order valence-corrected chi connectivity index (χ3v) is 3.28. The summed E-state index contributed by atoms with van der Waals surface area (Å²) in [5.74, 6) is -1.09. The first-order chi connectivity index (χ1) is 10.3. The fourth-order valence-corrected chi connectivity index (χ4v) is 2.30. The van der Waals surface area contributed by atoms with Gasteiger partial charge in [-0.25, -0.2) is 0 Å². The highest BCUT2D eigenvalue weighted by atomic mass is 35.5. The van der Waals surface area contributed by atoms with E-state index in [4.69, 9.17) is 44.3 Å². The van der Waals surface area contributed by atoms with Crippen molar-refractivity contribution in [3.05, 3.63) is 39.4 Å². The molecule has 0 heterocycles. The van der Waals surface area contributed by atoms with E-state index in [0.29, 0.717) is 11.4 Å². The second-order valence-corrected chi connectivity index (χ2v) is 5.85. The first-order valence-corrected chi connectivity index (χ1v) is 7.58. The van der Waals surface area contributed by atoms with Crippen molar-refractivity contribution in [1.82, 2.24) is 0 Å². The lowest BCUT2D eigenvalue weighted by molar-refractivity contribution is -0.146. The highest BCUT2D eigenvalue weighted by Crippen LogP contribution is 2.36. The normalized spacial score (nSPS) is 10.2. The van der Waals surface area contributed by atoms with Crippen LogP contribution in [0.3, 0.4) is 0 Å². The lowest BCUT2D eigenvalue weighted by Gasteiger charge is -2.09. The smallest absolute Gasteiger partial charge is 0.311 e. The van der Waals surface area contributed by atoms with Crippen molar-refractivity contribution in [3.63, 3.8) is 0 Å². The summed E-state index contributed by atoms with van der Waals surface area (Å²) in [6, 6.07) is 2.81. The van der Waals surface area contributed by atoms with Crippen LogP contribution in [0.4, 0.5) is 0 Å². The molecule has 0 amide bonds. The maximum absolute atomic E-state index is 11.7. The minimum atomic E-state index is -0.636. The van der Waals surface area contributed by atoms with Gasteiger partial charge in [0.25, 0.3) is 0 Å². The van der Waals surface area contributed by atoms with Crippen molar-refractivity contribution in [1.29, 1.82) is 0 Å². The van der Waals surface area contributed by atoms with Crippen molar-refractivity contribution in [2.24, 2.45) is 0 Å².